The minimum absolute atomic E-state index is 0.0614. The summed E-state index contributed by atoms with van der Waals surface area (Å²) in [5.74, 6) is 1.54. The summed E-state index contributed by atoms with van der Waals surface area (Å²) < 4.78 is 5.51. The van der Waals surface area contributed by atoms with Gasteiger partial charge in [-0.25, -0.2) is 19.9 Å². The van der Waals surface area contributed by atoms with Gasteiger partial charge in [0.2, 0.25) is 11.9 Å². The molecule has 3 saturated heterocycles. The van der Waals surface area contributed by atoms with Gasteiger partial charge in [-0.05, 0) is 63.0 Å². The zero-order valence-electron chi connectivity index (χ0n) is 25.8. The van der Waals surface area contributed by atoms with Crippen molar-refractivity contribution in [3.63, 3.8) is 0 Å². The van der Waals surface area contributed by atoms with Crippen molar-refractivity contribution in [2.45, 2.75) is 31.7 Å². The molecule has 4 aromatic rings. The molecule has 3 aliphatic heterocycles. The summed E-state index contributed by atoms with van der Waals surface area (Å²) in [6.45, 7) is 13.4. The number of likely N-dealkylation sites (tertiary alicyclic amines) is 1. The number of benzene rings is 1. The Hall–Kier alpha value is -4.55. The summed E-state index contributed by atoms with van der Waals surface area (Å²) in [6, 6.07) is 10.3. The SMILES string of the molecule is C=C(CN1CCC1)C(=O)N[C@]1(C)CCCN(c2ncc(Nc3ccc(-c4cc5c(N6CCOCC6)ncnc5[nH]4)cc3)cn2)C1. The quantitative estimate of drug-likeness (QED) is 0.242. The number of aromatic amines is 1. The van der Waals surface area contributed by atoms with Crippen molar-refractivity contribution in [1.82, 2.24) is 35.1 Å². The lowest BCUT2D eigenvalue weighted by Crippen LogP contribution is -2.58. The third-order valence-electron chi connectivity index (χ3n) is 8.92. The van der Waals surface area contributed by atoms with Gasteiger partial charge in [-0.15, -0.1) is 0 Å². The molecule has 3 fully saturated rings. The third kappa shape index (κ3) is 6.47. The number of rotatable bonds is 9. The fraction of sp³-hybridized carbons (Fsp3) is 0.424. The molecule has 1 aromatic carbocycles. The van der Waals surface area contributed by atoms with Crippen LogP contribution in [-0.2, 0) is 9.53 Å². The van der Waals surface area contributed by atoms with E-state index in [0.717, 1.165) is 85.0 Å². The number of hydrogen-bond donors (Lipinski definition) is 3. The summed E-state index contributed by atoms with van der Waals surface area (Å²) in [4.78, 5) is 41.3. The largest absolute Gasteiger partial charge is 0.378 e. The van der Waals surface area contributed by atoms with E-state index in [1.54, 1.807) is 18.7 Å². The van der Waals surface area contributed by atoms with Crippen LogP contribution >= 0.6 is 0 Å². The van der Waals surface area contributed by atoms with E-state index in [-0.39, 0.29) is 11.4 Å². The van der Waals surface area contributed by atoms with E-state index in [9.17, 15) is 4.79 Å². The number of hydrogen-bond acceptors (Lipinski definition) is 10. The number of H-pyrrole nitrogens is 1. The van der Waals surface area contributed by atoms with Crippen molar-refractivity contribution in [3.8, 4) is 11.3 Å². The van der Waals surface area contributed by atoms with Crippen LogP contribution in [0.4, 0.5) is 23.1 Å². The summed E-state index contributed by atoms with van der Waals surface area (Å²) >= 11 is 0. The van der Waals surface area contributed by atoms with Gasteiger partial charge in [0.05, 0.1) is 42.2 Å². The molecule has 45 heavy (non-hydrogen) atoms. The zero-order chi connectivity index (χ0) is 30.8. The molecule has 0 spiro atoms. The molecule has 0 bridgehead atoms. The Bertz CT molecular complexity index is 1660. The normalized spacial score (nSPS) is 20.6. The number of carbonyl (C=O) groups excluding carboxylic acids is 1. The Morgan fingerprint density at radius 2 is 1.76 bits per heavy atom. The second-order valence-corrected chi connectivity index (χ2v) is 12.5. The average molecular weight is 609 g/mol. The molecule has 3 aliphatic rings. The first-order chi connectivity index (χ1) is 21.9. The number of anilines is 4. The topological polar surface area (TPSA) is 127 Å². The van der Waals surface area contributed by atoms with Crippen LogP contribution in [0, 0.1) is 0 Å². The Kier molecular flexibility index (Phi) is 8.07. The van der Waals surface area contributed by atoms with E-state index in [1.807, 2.05) is 12.1 Å². The molecular formula is C33H40N10O2. The van der Waals surface area contributed by atoms with Crippen molar-refractivity contribution in [1.29, 1.82) is 0 Å². The first-order valence-electron chi connectivity index (χ1n) is 15.8. The Morgan fingerprint density at radius 3 is 2.49 bits per heavy atom. The number of ether oxygens (including phenoxy) is 1. The lowest BCUT2D eigenvalue weighted by molar-refractivity contribution is -0.119. The fourth-order valence-electron chi connectivity index (χ4n) is 6.31. The van der Waals surface area contributed by atoms with Crippen molar-refractivity contribution in [2.75, 3.05) is 74.1 Å². The van der Waals surface area contributed by atoms with Crippen LogP contribution in [0.5, 0.6) is 0 Å². The first-order valence-corrected chi connectivity index (χ1v) is 15.8. The number of nitrogens with one attached hydrogen (secondary N) is 3. The second kappa shape index (κ2) is 12.4. The maximum Gasteiger partial charge on any atom is 0.248 e. The van der Waals surface area contributed by atoms with Gasteiger partial charge >= 0.3 is 0 Å². The highest BCUT2D eigenvalue weighted by molar-refractivity contribution is 5.94. The van der Waals surface area contributed by atoms with E-state index in [4.69, 9.17) is 4.74 Å². The molecule has 1 atom stereocenters. The van der Waals surface area contributed by atoms with Crippen LogP contribution in [0.15, 0.2) is 61.2 Å². The number of amides is 1. The summed E-state index contributed by atoms with van der Waals surface area (Å²) in [5, 5.41) is 7.66. The molecule has 0 radical (unpaired) electrons. The minimum Gasteiger partial charge on any atom is -0.378 e. The lowest BCUT2D eigenvalue weighted by atomic mass is 9.90. The van der Waals surface area contributed by atoms with Crippen LogP contribution in [0.25, 0.3) is 22.3 Å². The Labute approximate surface area is 262 Å². The zero-order valence-corrected chi connectivity index (χ0v) is 25.8. The van der Waals surface area contributed by atoms with Crippen LogP contribution < -0.4 is 20.4 Å². The Morgan fingerprint density at radius 1 is 0.978 bits per heavy atom. The van der Waals surface area contributed by atoms with Gasteiger partial charge in [-0.1, -0.05) is 18.7 Å². The van der Waals surface area contributed by atoms with Crippen LogP contribution in [0.2, 0.25) is 0 Å². The van der Waals surface area contributed by atoms with E-state index in [2.05, 4.69) is 82.0 Å². The highest BCUT2D eigenvalue weighted by Gasteiger charge is 2.34. The maximum atomic E-state index is 12.9. The van der Waals surface area contributed by atoms with E-state index in [0.29, 0.717) is 37.8 Å². The maximum absolute atomic E-state index is 12.9. The number of piperidine rings is 1. The summed E-state index contributed by atoms with van der Waals surface area (Å²) in [5.41, 5.74) is 4.87. The standard InChI is InChI=1S/C33H40N10O2/c1-23(20-41-10-4-11-41)31(44)40-33(2)9-3-12-43(21-33)32-34-18-26(19-35-32)38-25-7-5-24(6-8-25)28-17-27-29(39-28)36-22-37-30(27)42-13-15-45-16-14-42/h5-8,17-19,22,38H,1,3-4,9-16,20-21H2,2H3,(H,40,44)(H,36,37,39)/t33-/m1/s1. The van der Waals surface area contributed by atoms with Gasteiger partial charge in [0.1, 0.15) is 17.8 Å². The van der Waals surface area contributed by atoms with Crippen LogP contribution in [-0.4, -0.2) is 100 Å². The van der Waals surface area contributed by atoms with E-state index in [1.165, 1.54) is 6.42 Å². The van der Waals surface area contributed by atoms with Crippen molar-refractivity contribution >= 4 is 40.1 Å². The molecule has 3 aromatic heterocycles. The highest BCUT2D eigenvalue weighted by Crippen LogP contribution is 2.30. The van der Waals surface area contributed by atoms with E-state index >= 15 is 0 Å². The summed E-state index contributed by atoms with van der Waals surface area (Å²) in [6.07, 6.45) is 8.27. The minimum atomic E-state index is -0.364. The van der Waals surface area contributed by atoms with E-state index < -0.39 is 0 Å². The van der Waals surface area contributed by atoms with Crippen molar-refractivity contribution in [2.24, 2.45) is 0 Å². The summed E-state index contributed by atoms with van der Waals surface area (Å²) in [7, 11) is 0. The van der Waals surface area contributed by atoms with Crippen molar-refractivity contribution < 1.29 is 9.53 Å². The predicted octanol–water partition coefficient (Wildman–Crippen LogP) is 3.73. The molecule has 0 unspecified atom stereocenters. The first kappa shape index (κ1) is 29.2. The number of carbonyl (C=O) groups is 1. The van der Waals surface area contributed by atoms with Crippen LogP contribution in [0.1, 0.15) is 26.2 Å². The molecular weight excluding hydrogens is 568 g/mol. The smallest absolute Gasteiger partial charge is 0.248 e. The number of fused-ring (bicyclic) bond motifs is 1. The third-order valence-corrected chi connectivity index (χ3v) is 8.92. The fourth-order valence-corrected chi connectivity index (χ4v) is 6.31. The lowest BCUT2D eigenvalue weighted by Gasteiger charge is -2.41. The van der Waals surface area contributed by atoms with Gasteiger partial charge in [0.25, 0.3) is 0 Å². The van der Waals surface area contributed by atoms with Gasteiger partial charge in [-0.2, -0.15) is 0 Å². The monoisotopic (exact) mass is 608 g/mol. The molecule has 6 heterocycles. The molecule has 12 heteroatoms. The molecule has 0 saturated carbocycles. The molecule has 234 valence electrons. The molecule has 0 aliphatic carbocycles. The number of morpholine rings is 1. The van der Waals surface area contributed by atoms with Gasteiger partial charge in [0, 0.05) is 49.7 Å². The van der Waals surface area contributed by atoms with Crippen molar-refractivity contribution in [3.05, 3.63) is 61.2 Å². The molecule has 1 amide bonds. The predicted molar refractivity (Wildman–Crippen MR) is 176 cm³/mol. The van der Waals surface area contributed by atoms with Crippen LogP contribution in [0.3, 0.4) is 0 Å². The van der Waals surface area contributed by atoms with Gasteiger partial charge < -0.3 is 30.2 Å². The number of aromatic nitrogens is 5. The highest BCUT2D eigenvalue weighted by atomic mass is 16.5. The molecule has 7 rings (SSSR count). The molecule has 12 nitrogen and oxygen atoms in total. The Balaban J connectivity index is 0.972. The average Bonchev–Trinajstić information content (AvgIpc) is 3.48. The number of nitrogens with zero attached hydrogens (tertiary/aromatic N) is 7. The van der Waals surface area contributed by atoms with Gasteiger partial charge in [-0.3, -0.25) is 9.69 Å². The van der Waals surface area contributed by atoms with Gasteiger partial charge in [0.15, 0.2) is 0 Å². The second-order valence-electron chi connectivity index (χ2n) is 12.5. The molecule has 3 N–H and O–H groups in total.